The molecule has 114 valence electrons. The molecule has 0 atom stereocenters. The number of hydrogen-bond donors (Lipinski definition) is 1. The van der Waals surface area contributed by atoms with Crippen molar-refractivity contribution in [1.82, 2.24) is 9.62 Å². The second-order valence-electron chi connectivity index (χ2n) is 5.28. The van der Waals surface area contributed by atoms with Crippen molar-refractivity contribution in [3.63, 3.8) is 0 Å². The first-order valence-corrected chi connectivity index (χ1v) is 8.78. The van der Waals surface area contributed by atoms with E-state index in [2.05, 4.69) is 9.62 Å². The molecule has 0 spiro atoms. The second-order valence-corrected chi connectivity index (χ2v) is 7.05. The second kappa shape index (κ2) is 7.55. The highest BCUT2D eigenvalue weighted by atomic mass is 32.2. The molecule has 0 amide bonds. The third-order valence-electron chi connectivity index (χ3n) is 3.66. The Labute approximate surface area is 126 Å². The van der Waals surface area contributed by atoms with Gasteiger partial charge in [-0.05, 0) is 56.6 Å². The van der Waals surface area contributed by atoms with Crippen LogP contribution in [-0.2, 0) is 16.4 Å². The largest absolute Gasteiger partial charge is 0.303 e. The average Bonchev–Trinajstić information content (AvgIpc) is 2.98. The summed E-state index contributed by atoms with van der Waals surface area (Å²) in [4.78, 5) is 2.62. The van der Waals surface area contributed by atoms with Gasteiger partial charge in [-0.25, -0.2) is 13.1 Å². The maximum Gasteiger partial charge on any atom is 0.240 e. The summed E-state index contributed by atoms with van der Waals surface area (Å²) in [5, 5.41) is 8.60. The van der Waals surface area contributed by atoms with Crippen LogP contribution in [0.25, 0.3) is 0 Å². The number of rotatable bonds is 7. The van der Waals surface area contributed by atoms with Gasteiger partial charge in [0.25, 0.3) is 0 Å². The zero-order valence-electron chi connectivity index (χ0n) is 12.1. The number of sulfonamides is 1. The molecule has 1 heterocycles. The summed E-state index contributed by atoms with van der Waals surface area (Å²) < 4.78 is 26.8. The number of hydrogen-bond acceptors (Lipinski definition) is 4. The lowest BCUT2D eigenvalue weighted by atomic mass is 10.2. The van der Waals surface area contributed by atoms with Crippen LogP contribution in [0, 0.1) is 11.3 Å². The molecule has 5 nitrogen and oxygen atoms in total. The fraction of sp³-hybridized carbons (Fsp3) is 0.533. The minimum atomic E-state index is -3.44. The number of benzene rings is 1. The van der Waals surface area contributed by atoms with Gasteiger partial charge in [-0.3, -0.25) is 0 Å². The number of nitriles is 1. The van der Waals surface area contributed by atoms with Gasteiger partial charge in [0.1, 0.15) is 0 Å². The van der Waals surface area contributed by atoms with Gasteiger partial charge in [-0.2, -0.15) is 5.26 Å². The van der Waals surface area contributed by atoms with Crippen molar-refractivity contribution in [3.05, 3.63) is 29.8 Å². The average molecular weight is 307 g/mol. The normalized spacial score (nSPS) is 16.0. The van der Waals surface area contributed by atoms with Crippen molar-refractivity contribution >= 4 is 10.0 Å². The van der Waals surface area contributed by atoms with Crippen LogP contribution >= 0.6 is 0 Å². The molecule has 0 aromatic heterocycles. The molecule has 1 saturated heterocycles. The van der Waals surface area contributed by atoms with Gasteiger partial charge < -0.3 is 4.90 Å². The van der Waals surface area contributed by atoms with Gasteiger partial charge >= 0.3 is 0 Å². The van der Waals surface area contributed by atoms with Gasteiger partial charge in [0.15, 0.2) is 0 Å². The highest BCUT2D eigenvalue weighted by molar-refractivity contribution is 7.89. The summed E-state index contributed by atoms with van der Waals surface area (Å²) in [5.41, 5.74) is 0.825. The van der Waals surface area contributed by atoms with Crippen molar-refractivity contribution in [2.45, 2.75) is 30.6 Å². The lowest BCUT2D eigenvalue weighted by Crippen LogP contribution is -2.28. The molecule has 1 aliphatic heterocycles. The summed E-state index contributed by atoms with van der Waals surface area (Å²) in [7, 11) is -3.44. The van der Waals surface area contributed by atoms with Crippen LogP contribution in [0.15, 0.2) is 29.2 Å². The summed E-state index contributed by atoms with van der Waals surface area (Å²) in [6, 6.07) is 8.51. The molecule has 1 aliphatic rings. The van der Waals surface area contributed by atoms with Gasteiger partial charge in [-0.1, -0.05) is 12.1 Å². The molecule has 1 fully saturated rings. The van der Waals surface area contributed by atoms with E-state index in [4.69, 9.17) is 5.26 Å². The third kappa shape index (κ3) is 4.81. The smallest absolute Gasteiger partial charge is 0.240 e. The van der Waals surface area contributed by atoms with E-state index in [1.165, 1.54) is 12.8 Å². The number of nitrogens with one attached hydrogen (secondary N) is 1. The highest BCUT2D eigenvalue weighted by Crippen LogP contribution is 2.11. The van der Waals surface area contributed by atoms with E-state index in [-0.39, 0.29) is 4.90 Å². The lowest BCUT2D eigenvalue weighted by Gasteiger charge is -2.14. The standard InChI is InChI=1S/C15H21N3O2S/c16-9-8-14-4-6-15(7-5-14)21(19,20)17-10-3-13-18-11-1-2-12-18/h4-7,17H,1-3,8,10-13H2. The first kappa shape index (κ1) is 16.0. The third-order valence-corrected chi connectivity index (χ3v) is 5.14. The molecule has 0 saturated carbocycles. The van der Waals surface area contributed by atoms with Crippen molar-refractivity contribution < 1.29 is 8.42 Å². The minimum Gasteiger partial charge on any atom is -0.303 e. The molecule has 1 aromatic carbocycles. The molecule has 2 rings (SSSR count). The van der Waals surface area contributed by atoms with E-state index in [1.54, 1.807) is 24.3 Å². The Morgan fingerprint density at radius 2 is 1.86 bits per heavy atom. The van der Waals surface area contributed by atoms with Crippen molar-refractivity contribution in [1.29, 1.82) is 5.26 Å². The lowest BCUT2D eigenvalue weighted by molar-refractivity contribution is 0.334. The van der Waals surface area contributed by atoms with Crippen LogP contribution in [0.3, 0.4) is 0 Å². The Kier molecular flexibility index (Phi) is 5.74. The summed E-state index contributed by atoms with van der Waals surface area (Å²) in [6.45, 7) is 3.67. The van der Waals surface area contributed by atoms with Gasteiger partial charge in [0, 0.05) is 6.54 Å². The van der Waals surface area contributed by atoms with E-state index in [0.717, 1.165) is 31.6 Å². The van der Waals surface area contributed by atoms with Gasteiger partial charge in [0.05, 0.1) is 17.4 Å². The molecule has 6 heteroatoms. The van der Waals surface area contributed by atoms with Crippen LogP contribution in [0.5, 0.6) is 0 Å². The predicted molar refractivity (Wildman–Crippen MR) is 81.2 cm³/mol. The summed E-state index contributed by atoms with van der Waals surface area (Å²) in [5.74, 6) is 0. The van der Waals surface area contributed by atoms with E-state index in [9.17, 15) is 8.42 Å². The molecule has 1 aromatic rings. The van der Waals surface area contributed by atoms with Crippen molar-refractivity contribution in [3.8, 4) is 6.07 Å². The van der Waals surface area contributed by atoms with Crippen molar-refractivity contribution in [2.75, 3.05) is 26.2 Å². The maximum atomic E-state index is 12.1. The zero-order valence-corrected chi connectivity index (χ0v) is 12.9. The quantitative estimate of drug-likeness (QED) is 0.775. The molecular formula is C15H21N3O2S. The topological polar surface area (TPSA) is 73.2 Å². The first-order chi connectivity index (χ1) is 10.1. The molecule has 0 bridgehead atoms. The van der Waals surface area contributed by atoms with Gasteiger partial charge in [-0.15, -0.1) is 0 Å². The van der Waals surface area contributed by atoms with Crippen LogP contribution in [0.2, 0.25) is 0 Å². The Hall–Kier alpha value is -1.42. The van der Waals surface area contributed by atoms with Crippen LogP contribution < -0.4 is 4.72 Å². The fourth-order valence-electron chi connectivity index (χ4n) is 2.48. The summed E-state index contributed by atoms with van der Waals surface area (Å²) in [6.07, 6.45) is 3.62. The van der Waals surface area contributed by atoms with E-state index in [0.29, 0.717) is 13.0 Å². The first-order valence-electron chi connectivity index (χ1n) is 7.30. The maximum absolute atomic E-state index is 12.1. The molecular weight excluding hydrogens is 286 g/mol. The van der Waals surface area contributed by atoms with Crippen LogP contribution in [0.1, 0.15) is 24.8 Å². The predicted octanol–water partition coefficient (Wildman–Crippen LogP) is 1.52. The van der Waals surface area contributed by atoms with Crippen LogP contribution in [0.4, 0.5) is 0 Å². The minimum absolute atomic E-state index is 0.255. The number of nitrogens with zero attached hydrogens (tertiary/aromatic N) is 2. The Morgan fingerprint density at radius 3 is 2.48 bits per heavy atom. The molecule has 0 unspecified atom stereocenters. The summed E-state index contributed by atoms with van der Waals surface area (Å²) >= 11 is 0. The van der Waals surface area contributed by atoms with Gasteiger partial charge in [0.2, 0.25) is 10.0 Å². The molecule has 0 aliphatic carbocycles. The fourth-order valence-corrected chi connectivity index (χ4v) is 3.55. The van der Waals surface area contributed by atoms with E-state index >= 15 is 0 Å². The van der Waals surface area contributed by atoms with E-state index < -0.39 is 10.0 Å². The SMILES string of the molecule is N#CCc1ccc(S(=O)(=O)NCCCN2CCCC2)cc1. The molecule has 1 N–H and O–H groups in total. The molecule has 0 radical (unpaired) electrons. The Bertz CT molecular complexity index is 584. The van der Waals surface area contributed by atoms with Crippen LogP contribution in [-0.4, -0.2) is 39.5 Å². The monoisotopic (exact) mass is 307 g/mol. The molecule has 21 heavy (non-hydrogen) atoms. The highest BCUT2D eigenvalue weighted by Gasteiger charge is 2.14. The Balaban J connectivity index is 1.81. The zero-order chi connectivity index (χ0) is 15.1. The van der Waals surface area contributed by atoms with E-state index in [1.807, 2.05) is 6.07 Å². The Morgan fingerprint density at radius 1 is 1.19 bits per heavy atom. The van der Waals surface area contributed by atoms with Crippen molar-refractivity contribution in [2.24, 2.45) is 0 Å². The number of likely N-dealkylation sites (tertiary alicyclic amines) is 1.